The molecule has 0 aliphatic rings. The highest BCUT2D eigenvalue weighted by atomic mass is 32.1. The Labute approximate surface area is 148 Å². The first-order chi connectivity index (χ1) is 12.4. The van der Waals surface area contributed by atoms with Crippen molar-refractivity contribution in [3.8, 4) is 11.3 Å². The SMILES string of the molecule is O=COCC(c1scnc1-c1ccccc1)c1cnn2ccccc12. The normalized spacial score (nSPS) is 12.2. The molecule has 4 aromatic rings. The molecule has 0 aliphatic heterocycles. The number of rotatable bonds is 6. The standard InChI is InChI=1S/C19H15N3O2S/c23-13-24-11-16(15-10-21-22-9-5-4-8-17(15)22)19-18(20-12-25-19)14-6-2-1-3-7-14/h1-10,12-13,16H,11H2. The predicted octanol–water partition coefficient (Wildman–Crippen LogP) is 3.76. The quantitative estimate of drug-likeness (QED) is 0.497. The van der Waals surface area contributed by atoms with Crippen LogP contribution in [-0.2, 0) is 9.53 Å². The summed E-state index contributed by atoms with van der Waals surface area (Å²) in [6.45, 7) is 0.740. The van der Waals surface area contributed by atoms with E-state index < -0.39 is 0 Å². The van der Waals surface area contributed by atoms with Crippen molar-refractivity contribution in [2.45, 2.75) is 5.92 Å². The third-order valence-electron chi connectivity index (χ3n) is 4.12. The van der Waals surface area contributed by atoms with Gasteiger partial charge in [-0.15, -0.1) is 11.3 Å². The van der Waals surface area contributed by atoms with Crippen LogP contribution >= 0.6 is 11.3 Å². The largest absolute Gasteiger partial charge is 0.467 e. The van der Waals surface area contributed by atoms with E-state index in [1.54, 1.807) is 11.3 Å². The molecule has 6 heteroatoms. The van der Waals surface area contributed by atoms with Crippen LogP contribution in [0.25, 0.3) is 16.8 Å². The summed E-state index contributed by atoms with van der Waals surface area (Å²) in [5, 5.41) is 4.42. The van der Waals surface area contributed by atoms with Gasteiger partial charge >= 0.3 is 0 Å². The number of benzene rings is 1. The fraction of sp³-hybridized carbons (Fsp3) is 0.105. The van der Waals surface area contributed by atoms with Gasteiger partial charge in [-0.25, -0.2) is 9.50 Å². The molecule has 124 valence electrons. The van der Waals surface area contributed by atoms with Gasteiger partial charge in [0.05, 0.1) is 28.8 Å². The van der Waals surface area contributed by atoms with Crippen LogP contribution < -0.4 is 0 Å². The van der Waals surface area contributed by atoms with Crippen LogP contribution in [0.3, 0.4) is 0 Å². The van der Waals surface area contributed by atoms with Gasteiger partial charge in [-0.05, 0) is 12.1 Å². The first-order valence-electron chi connectivity index (χ1n) is 7.85. The Balaban J connectivity index is 1.84. The minimum atomic E-state index is -0.118. The topological polar surface area (TPSA) is 56.5 Å². The number of hydrogen-bond donors (Lipinski definition) is 0. The average Bonchev–Trinajstić information content (AvgIpc) is 3.31. The number of hydrogen-bond acceptors (Lipinski definition) is 5. The highest BCUT2D eigenvalue weighted by molar-refractivity contribution is 7.10. The molecule has 0 amide bonds. The summed E-state index contributed by atoms with van der Waals surface area (Å²) < 4.78 is 6.97. The Bertz CT molecular complexity index is 994. The lowest BCUT2D eigenvalue weighted by Crippen LogP contribution is -2.09. The van der Waals surface area contributed by atoms with E-state index in [9.17, 15) is 4.79 Å². The maximum absolute atomic E-state index is 10.8. The third-order valence-corrected chi connectivity index (χ3v) is 5.06. The van der Waals surface area contributed by atoms with Crippen molar-refractivity contribution in [3.05, 3.63) is 76.9 Å². The van der Waals surface area contributed by atoms with Gasteiger partial charge in [0, 0.05) is 22.2 Å². The van der Waals surface area contributed by atoms with Crippen LogP contribution in [0.15, 0.2) is 66.4 Å². The number of fused-ring (bicyclic) bond motifs is 1. The molecule has 0 saturated heterocycles. The summed E-state index contributed by atoms with van der Waals surface area (Å²) in [6, 6.07) is 16.0. The molecule has 1 unspecified atom stereocenters. The van der Waals surface area contributed by atoms with E-state index in [0.717, 1.165) is 27.2 Å². The molecule has 25 heavy (non-hydrogen) atoms. The van der Waals surface area contributed by atoms with E-state index in [4.69, 9.17) is 4.74 Å². The zero-order valence-corrected chi connectivity index (χ0v) is 14.1. The van der Waals surface area contributed by atoms with Crippen LogP contribution in [0.4, 0.5) is 0 Å². The number of nitrogens with zero attached hydrogens (tertiary/aromatic N) is 3. The number of ether oxygens (including phenoxy) is 1. The molecule has 3 heterocycles. The molecule has 0 saturated carbocycles. The fourth-order valence-electron chi connectivity index (χ4n) is 2.98. The van der Waals surface area contributed by atoms with Gasteiger partial charge in [-0.3, -0.25) is 4.79 Å². The molecule has 1 aromatic carbocycles. The van der Waals surface area contributed by atoms with Crippen molar-refractivity contribution >= 4 is 23.3 Å². The zero-order chi connectivity index (χ0) is 17.1. The summed E-state index contributed by atoms with van der Waals surface area (Å²) in [4.78, 5) is 16.4. The molecule has 0 radical (unpaired) electrons. The Morgan fingerprint density at radius 3 is 2.84 bits per heavy atom. The zero-order valence-electron chi connectivity index (χ0n) is 13.3. The van der Waals surface area contributed by atoms with Crippen molar-refractivity contribution < 1.29 is 9.53 Å². The number of aromatic nitrogens is 3. The number of thiazole rings is 1. The van der Waals surface area contributed by atoms with Crippen molar-refractivity contribution in [2.75, 3.05) is 6.61 Å². The van der Waals surface area contributed by atoms with Gasteiger partial charge in [0.1, 0.15) is 6.61 Å². The van der Waals surface area contributed by atoms with Crippen LogP contribution in [0.5, 0.6) is 0 Å². The second kappa shape index (κ2) is 6.86. The number of pyridine rings is 1. The highest BCUT2D eigenvalue weighted by Crippen LogP contribution is 2.37. The molecular weight excluding hydrogens is 334 g/mol. The molecule has 0 fully saturated rings. The van der Waals surface area contributed by atoms with Crippen LogP contribution in [0, 0.1) is 0 Å². The second-order valence-electron chi connectivity index (χ2n) is 5.54. The van der Waals surface area contributed by atoms with E-state index in [0.29, 0.717) is 6.47 Å². The smallest absolute Gasteiger partial charge is 0.293 e. The average molecular weight is 349 g/mol. The van der Waals surface area contributed by atoms with Gasteiger partial charge in [0.25, 0.3) is 6.47 Å². The lowest BCUT2D eigenvalue weighted by atomic mass is 9.96. The van der Waals surface area contributed by atoms with Crippen molar-refractivity contribution in [1.82, 2.24) is 14.6 Å². The summed E-state index contributed by atoms with van der Waals surface area (Å²) in [5.74, 6) is -0.118. The molecule has 0 spiro atoms. The molecule has 0 N–H and O–H groups in total. The Hall–Kier alpha value is -2.99. The van der Waals surface area contributed by atoms with Gasteiger partial charge in [-0.1, -0.05) is 36.4 Å². The summed E-state index contributed by atoms with van der Waals surface area (Å²) >= 11 is 1.57. The van der Waals surface area contributed by atoms with Crippen LogP contribution in [0.2, 0.25) is 0 Å². The lowest BCUT2D eigenvalue weighted by molar-refractivity contribution is -0.128. The van der Waals surface area contributed by atoms with E-state index in [2.05, 4.69) is 10.1 Å². The van der Waals surface area contributed by atoms with E-state index in [1.807, 2.05) is 71.0 Å². The maximum atomic E-state index is 10.8. The van der Waals surface area contributed by atoms with Gasteiger partial charge < -0.3 is 4.74 Å². The highest BCUT2D eigenvalue weighted by Gasteiger charge is 2.24. The number of carbonyl (C=O) groups excluding carboxylic acids is 1. The second-order valence-corrected chi connectivity index (χ2v) is 6.43. The number of carbonyl (C=O) groups is 1. The monoisotopic (exact) mass is 349 g/mol. The minimum absolute atomic E-state index is 0.118. The maximum Gasteiger partial charge on any atom is 0.293 e. The summed E-state index contributed by atoms with van der Waals surface area (Å²) in [5.41, 5.74) is 5.81. The Kier molecular flexibility index (Phi) is 4.26. The lowest BCUT2D eigenvalue weighted by Gasteiger charge is -2.15. The summed E-state index contributed by atoms with van der Waals surface area (Å²) in [6.07, 6.45) is 3.74. The molecule has 5 nitrogen and oxygen atoms in total. The Morgan fingerprint density at radius 1 is 1.16 bits per heavy atom. The molecule has 0 aliphatic carbocycles. The molecule has 3 aromatic heterocycles. The van der Waals surface area contributed by atoms with E-state index >= 15 is 0 Å². The Morgan fingerprint density at radius 2 is 2.00 bits per heavy atom. The summed E-state index contributed by atoms with van der Waals surface area (Å²) in [7, 11) is 0. The van der Waals surface area contributed by atoms with E-state index in [1.165, 1.54) is 0 Å². The first-order valence-corrected chi connectivity index (χ1v) is 8.73. The van der Waals surface area contributed by atoms with Crippen molar-refractivity contribution in [1.29, 1.82) is 0 Å². The van der Waals surface area contributed by atoms with E-state index in [-0.39, 0.29) is 12.5 Å². The van der Waals surface area contributed by atoms with Crippen LogP contribution in [0.1, 0.15) is 16.4 Å². The third kappa shape index (κ3) is 2.92. The van der Waals surface area contributed by atoms with Crippen LogP contribution in [-0.4, -0.2) is 27.7 Å². The predicted molar refractivity (Wildman–Crippen MR) is 96.6 cm³/mol. The molecule has 4 rings (SSSR count). The first kappa shape index (κ1) is 15.5. The molecule has 1 atom stereocenters. The van der Waals surface area contributed by atoms with Gasteiger partial charge in [-0.2, -0.15) is 5.10 Å². The fourth-order valence-corrected chi connectivity index (χ4v) is 3.89. The van der Waals surface area contributed by atoms with Gasteiger partial charge in [0.2, 0.25) is 0 Å². The van der Waals surface area contributed by atoms with Crippen molar-refractivity contribution in [3.63, 3.8) is 0 Å². The van der Waals surface area contributed by atoms with Crippen molar-refractivity contribution in [2.24, 2.45) is 0 Å². The molecular formula is C19H15N3O2S. The minimum Gasteiger partial charge on any atom is -0.467 e. The molecule has 0 bridgehead atoms. The van der Waals surface area contributed by atoms with Gasteiger partial charge in [0.15, 0.2) is 0 Å².